The van der Waals surface area contributed by atoms with E-state index in [1.807, 2.05) is 0 Å². The zero-order valence-electron chi connectivity index (χ0n) is 15.1. The van der Waals surface area contributed by atoms with Gasteiger partial charge in [-0.05, 0) is 56.3 Å². The molecule has 0 radical (unpaired) electrons. The lowest BCUT2D eigenvalue weighted by Gasteiger charge is -2.19. The molecule has 2 unspecified atom stereocenters. The number of carbonyl (C=O) groups is 1. The number of halogens is 2. The number of rotatable bonds is 6. The van der Waals surface area contributed by atoms with Gasteiger partial charge in [-0.1, -0.05) is 18.2 Å². The fourth-order valence-electron chi connectivity index (χ4n) is 2.45. The summed E-state index contributed by atoms with van der Waals surface area (Å²) >= 11 is 0. The Kier molecular flexibility index (Phi) is 6.50. The highest BCUT2D eigenvalue weighted by Gasteiger charge is 2.17. The average molecular weight is 397 g/mol. The fourth-order valence-corrected chi connectivity index (χ4v) is 3.24. The second-order valence-corrected chi connectivity index (χ2v) is 7.90. The first kappa shape index (κ1) is 20.8. The summed E-state index contributed by atoms with van der Waals surface area (Å²) in [6, 6.07) is 8.05. The van der Waals surface area contributed by atoms with E-state index in [2.05, 4.69) is 15.4 Å². The topological polar surface area (TPSA) is 87.3 Å². The predicted molar refractivity (Wildman–Crippen MR) is 97.5 cm³/mol. The minimum Gasteiger partial charge on any atom is -0.332 e. The molecule has 0 heterocycles. The number of benzene rings is 2. The third kappa shape index (κ3) is 5.24. The van der Waals surface area contributed by atoms with Crippen LogP contribution in [0.25, 0.3) is 0 Å². The lowest BCUT2D eigenvalue weighted by Crippen LogP contribution is -2.38. The average Bonchev–Trinajstić information content (AvgIpc) is 2.63. The number of carbonyl (C=O) groups excluding carboxylic acids is 1. The van der Waals surface area contributed by atoms with Crippen molar-refractivity contribution >= 4 is 16.1 Å². The molecule has 2 amide bonds. The molecule has 0 aliphatic rings. The molecule has 2 atom stereocenters. The molecule has 0 fully saturated rings. The molecule has 0 saturated heterocycles. The van der Waals surface area contributed by atoms with Crippen LogP contribution in [-0.4, -0.2) is 21.5 Å². The summed E-state index contributed by atoms with van der Waals surface area (Å²) in [4.78, 5) is 12.3. The molecule has 0 aromatic heterocycles. The fraction of sp³-hybridized carbons (Fsp3) is 0.278. The van der Waals surface area contributed by atoms with Crippen molar-refractivity contribution in [3.63, 3.8) is 0 Å². The molecule has 0 aliphatic heterocycles. The third-order valence-corrected chi connectivity index (χ3v) is 5.49. The summed E-state index contributed by atoms with van der Waals surface area (Å²) in [5.41, 5.74) is 1.01. The summed E-state index contributed by atoms with van der Waals surface area (Å²) in [6.07, 6.45) is 0. The van der Waals surface area contributed by atoms with Crippen molar-refractivity contribution in [1.82, 2.24) is 15.4 Å². The van der Waals surface area contributed by atoms with Crippen LogP contribution in [0.2, 0.25) is 0 Å². The second-order valence-electron chi connectivity index (χ2n) is 6.01. The van der Waals surface area contributed by atoms with E-state index in [1.165, 1.54) is 25.2 Å². The maximum Gasteiger partial charge on any atom is 0.315 e. The Morgan fingerprint density at radius 2 is 1.52 bits per heavy atom. The van der Waals surface area contributed by atoms with Gasteiger partial charge in [-0.3, -0.25) is 0 Å². The Hall–Kier alpha value is -2.52. The van der Waals surface area contributed by atoms with Gasteiger partial charge in [-0.25, -0.2) is 26.7 Å². The summed E-state index contributed by atoms with van der Waals surface area (Å²) < 4.78 is 52.3. The van der Waals surface area contributed by atoms with Gasteiger partial charge < -0.3 is 10.6 Å². The molecule has 6 nitrogen and oxygen atoms in total. The van der Waals surface area contributed by atoms with Crippen molar-refractivity contribution in [3.8, 4) is 0 Å². The number of urea groups is 1. The van der Waals surface area contributed by atoms with Crippen molar-refractivity contribution in [3.05, 3.63) is 65.2 Å². The lowest BCUT2D eigenvalue weighted by molar-refractivity contribution is 0.235. The monoisotopic (exact) mass is 397 g/mol. The molecular formula is C18H21F2N3O3S. The maximum absolute atomic E-state index is 13.3. The summed E-state index contributed by atoms with van der Waals surface area (Å²) in [5, 5.41) is 5.32. The van der Waals surface area contributed by atoms with Gasteiger partial charge in [0.15, 0.2) is 11.6 Å². The van der Waals surface area contributed by atoms with Crippen LogP contribution < -0.4 is 15.4 Å². The van der Waals surface area contributed by atoms with Gasteiger partial charge in [0, 0.05) is 0 Å². The van der Waals surface area contributed by atoms with E-state index in [4.69, 9.17) is 0 Å². The van der Waals surface area contributed by atoms with E-state index in [-0.39, 0.29) is 4.90 Å². The van der Waals surface area contributed by atoms with Crippen LogP contribution in [-0.2, 0) is 10.0 Å². The SMILES string of the molecule is CNS(=O)(=O)c1cccc(C(C)NC(=O)NC(C)c2ccc(F)c(F)c2)c1. The van der Waals surface area contributed by atoms with E-state index in [0.29, 0.717) is 11.1 Å². The van der Waals surface area contributed by atoms with Crippen molar-refractivity contribution in [2.75, 3.05) is 7.05 Å². The van der Waals surface area contributed by atoms with Crippen LogP contribution in [0.1, 0.15) is 37.1 Å². The first-order valence-corrected chi connectivity index (χ1v) is 9.68. The molecule has 2 aromatic rings. The number of hydrogen-bond donors (Lipinski definition) is 3. The molecule has 3 N–H and O–H groups in total. The van der Waals surface area contributed by atoms with Gasteiger partial charge in [-0.15, -0.1) is 0 Å². The van der Waals surface area contributed by atoms with Crippen LogP contribution in [0.4, 0.5) is 13.6 Å². The second kappa shape index (κ2) is 8.45. The Morgan fingerprint density at radius 3 is 2.07 bits per heavy atom. The Bertz CT molecular complexity index is 935. The zero-order chi connectivity index (χ0) is 20.2. The molecule has 0 spiro atoms. The first-order chi connectivity index (χ1) is 12.6. The van der Waals surface area contributed by atoms with Crippen molar-refractivity contribution in [1.29, 1.82) is 0 Å². The summed E-state index contributed by atoms with van der Waals surface area (Å²) in [6.45, 7) is 3.34. The van der Waals surface area contributed by atoms with Crippen LogP contribution in [0.15, 0.2) is 47.4 Å². The predicted octanol–water partition coefficient (Wildman–Crippen LogP) is 2.99. The highest BCUT2D eigenvalue weighted by atomic mass is 32.2. The minimum absolute atomic E-state index is 0.0895. The van der Waals surface area contributed by atoms with Gasteiger partial charge in [0.1, 0.15) is 0 Å². The standard InChI is InChI=1S/C18H21F2N3O3S/c1-11(13-5-4-6-15(9-13)27(25,26)21-3)22-18(24)23-12(2)14-7-8-16(19)17(20)10-14/h4-12,21H,1-3H3,(H2,22,23,24). The molecule has 2 rings (SSSR count). The number of sulfonamides is 1. The molecule has 146 valence electrons. The van der Waals surface area contributed by atoms with Crippen LogP contribution in [0.5, 0.6) is 0 Å². The van der Waals surface area contributed by atoms with Gasteiger partial charge in [0.05, 0.1) is 17.0 Å². The highest BCUT2D eigenvalue weighted by molar-refractivity contribution is 7.89. The molecule has 2 aromatic carbocycles. The Morgan fingerprint density at radius 1 is 0.926 bits per heavy atom. The van der Waals surface area contributed by atoms with Crippen molar-refractivity contribution in [2.24, 2.45) is 0 Å². The van der Waals surface area contributed by atoms with E-state index in [0.717, 1.165) is 12.1 Å². The van der Waals surface area contributed by atoms with Crippen molar-refractivity contribution < 1.29 is 22.0 Å². The van der Waals surface area contributed by atoms with Crippen LogP contribution in [0.3, 0.4) is 0 Å². The normalized spacial score (nSPS) is 13.7. The molecule has 27 heavy (non-hydrogen) atoms. The molecule has 9 heteroatoms. The number of amides is 2. The quantitative estimate of drug-likeness (QED) is 0.700. The molecule has 0 aliphatic carbocycles. The Balaban J connectivity index is 2.05. The van der Waals surface area contributed by atoms with Gasteiger partial charge in [0.25, 0.3) is 0 Å². The van der Waals surface area contributed by atoms with Crippen LogP contribution >= 0.6 is 0 Å². The van der Waals surface area contributed by atoms with E-state index in [1.54, 1.807) is 26.0 Å². The van der Waals surface area contributed by atoms with Gasteiger partial charge in [0.2, 0.25) is 10.0 Å². The first-order valence-electron chi connectivity index (χ1n) is 8.19. The van der Waals surface area contributed by atoms with E-state index < -0.39 is 39.8 Å². The van der Waals surface area contributed by atoms with Gasteiger partial charge >= 0.3 is 6.03 Å². The summed E-state index contributed by atoms with van der Waals surface area (Å²) in [5.74, 6) is -1.95. The Labute approximate surface area is 157 Å². The highest BCUT2D eigenvalue weighted by Crippen LogP contribution is 2.18. The lowest BCUT2D eigenvalue weighted by atomic mass is 10.1. The van der Waals surface area contributed by atoms with Gasteiger partial charge in [-0.2, -0.15) is 0 Å². The zero-order valence-corrected chi connectivity index (χ0v) is 15.9. The third-order valence-electron chi connectivity index (χ3n) is 4.08. The largest absolute Gasteiger partial charge is 0.332 e. The molecular weight excluding hydrogens is 376 g/mol. The minimum atomic E-state index is -3.59. The molecule has 0 saturated carbocycles. The number of nitrogens with one attached hydrogen (secondary N) is 3. The van der Waals surface area contributed by atoms with Crippen LogP contribution in [0, 0.1) is 11.6 Å². The van der Waals surface area contributed by atoms with E-state index >= 15 is 0 Å². The molecule has 0 bridgehead atoms. The number of hydrogen-bond acceptors (Lipinski definition) is 3. The smallest absolute Gasteiger partial charge is 0.315 e. The van der Waals surface area contributed by atoms with E-state index in [9.17, 15) is 22.0 Å². The summed E-state index contributed by atoms with van der Waals surface area (Å²) in [7, 11) is -2.27. The maximum atomic E-state index is 13.3. The van der Waals surface area contributed by atoms with Crippen molar-refractivity contribution in [2.45, 2.75) is 30.8 Å².